The fourth-order valence-electron chi connectivity index (χ4n) is 1.08. The molecule has 0 radical (unpaired) electrons. The smallest absolute Gasteiger partial charge is 0.336 e. The first-order chi connectivity index (χ1) is 6.86. The summed E-state index contributed by atoms with van der Waals surface area (Å²) in [5.74, 6) is -1.12. The minimum absolute atomic E-state index is 0.0189. The molecule has 82 valence electrons. The predicted molar refractivity (Wildman–Crippen MR) is 58.3 cm³/mol. The first kappa shape index (κ1) is 12.1. The number of hydrogen-bond donors (Lipinski definition) is 1. The molecular weight excluding hydrogens is 236 g/mol. The van der Waals surface area contributed by atoms with Gasteiger partial charge in [-0.25, -0.2) is 13.2 Å². The lowest BCUT2D eigenvalue weighted by atomic mass is 10.2. The Balaban J connectivity index is 3.42. The average molecular weight is 246 g/mol. The summed E-state index contributed by atoms with van der Waals surface area (Å²) >= 11 is 1.27. The van der Waals surface area contributed by atoms with E-state index in [-0.39, 0.29) is 10.5 Å². The van der Waals surface area contributed by atoms with Gasteiger partial charge in [-0.1, -0.05) is 0 Å². The molecule has 4 nitrogen and oxygen atoms in total. The summed E-state index contributed by atoms with van der Waals surface area (Å²) in [6, 6.07) is 4.10. The second-order valence-corrected chi connectivity index (χ2v) is 5.80. The monoisotopic (exact) mass is 246 g/mol. The molecule has 0 aliphatic rings. The van der Waals surface area contributed by atoms with Crippen molar-refractivity contribution in [2.24, 2.45) is 0 Å². The van der Waals surface area contributed by atoms with Gasteiger partial charge in [-0.15, -0.1) is 11.8 Å². The van der Waals surface area contributed by atoms with Crippen LogP contribution in [0.25, 0.3) is 0 Å². The van der Waals surface area contributed by atoms with Gasteiger partial charge in [0.1, 0.15) is 0 Å². The van der Waals surface area contributed by atoms with Crippen LogP contribution in [0.1, 0.15) is 10.4 Å². The van der Waals surface area contributed by atoms with Gasteiger partial charge in [-0.2, -0.15) is 0 Å². The van der Waals surface area contributed by atoms with Gasteiger partial charge >= 0.3 is 5.97 Å². The van der Waals surface area contributed by atoms with Gasteiger partial charge in [0, 0.05) is 11.2 Å². The molecule has 15 heavy (non-hydrogen) atoms. The van der Waals surface area contributed by atoms with Crippen LogP contribution < -0.4 is 0 Å². The highest BCUT2D eigenvalue weighted by Gasteiger charge is 2.14. The molecule has 1 aromatic carbocycles. The molecule has 0 unspecified atom stereocenters. The van der Waals surface area contributed by atoms with Crippen molar-refractivity contribution >= 4 is 27.6 Å². The number of hydrogen-bond acceptors (Lipinski definition) is 4. The Morgan fingerprint density at radius 2 is 2.00 bits per heavy atom. The largest absolute Gasteiger partial charge is 0.478 e. The third kappa shape index (κ3) is 2.73. The standard InChI is InChI=1S/C9H10O4S2/c1-14-8-4-3-6(15(2,12)13)5-7(8)9(10)11/h3-5H,1-2H3,(H,10,11). The zero-order valence-corrected chi connectivity index (χ0v) is 9.85. The van der Waals surface area contributed by atoms with E-state index in [0.717, 1.165) is 6.26 Å². The Kier molecular flexibility index (Phi) is 3.41. The molecule has 0 heterocycles. The van der Waals surface area contributed by atoms with Crippen molar-refractivity contribution in [3.8, 4) is 0 Å². The van der Waals surface area contributed by atoms with E-state index in [2.05, 4.69) is 0 Å². The molecule has 0 amide bonds. The second kappa shape index (κ2) is 4.24. The molecule has 0 saturated carbocycles. The minimum Gasteiger partial charge on any atom is -0.478 e. The van der Waals surface area contributed by atoms with E-state index in [9.17, 15) is 13.2 Å². The number of carboxylic acids is 1. The summed E-state index contributed by atoms with van der Waals surface area (Å²) < 4.78 is 22.4. The molecule has 0 bridgehead atoms. The van der Waals surface area contributed by atoms with Crippen LogP contribution in [0.5, 0.6) is 0 Å². The molecule has 0 atom stereocenters. The fraction of sp³-hybridized carbons (Fsp3) is 0.222. The molecule has 0 spiro atoms. The van der Waals surface area contributed by atoms with E-state index in [1.54, 1.807) is 6.26 Å². The van der Waals surface area contributed by atoms with E-state index >= 15 is 0 Å². The highest BCUT2D eigenvalue weighted by atomic mass is 32.2. The number of sulfone groups is 1. The molecular formula is C9H10O4S2. The molecule has 0 aliphatic heterocycles. The summed E-state index contributed by atoms with van der Waals surface area (Å²) in [5, 5.41) is 8.88. The van der Waals surface area contributed by atoms with Crippen molar-refractivity contribution in [1.82, 2.24) is 0 Å². The van der Waals surface area contributed by atoms with Crippen LogP contribution in [-0.4, -0.2) is 32.0 Å². The van der Waals surface area contributed by atoms with Crippen molar-refractivity contribution in [1.29, 1.82) is 0 Å². The van der Waals surface area contributed by atoms with E-state index in [1.165, 1.54) is 30.0 Å². The number of thioether (sulfide) groups is 1. The first-order valence-corrected chi connectivity index (χ1v) is 7.09. The number of carbonyl (C=O) groups is 1. The molecule has 1 aromatic rings. The second-order valence-electron chi connectivity index (χ2n) is 2.94. The van der Waals surface area contributed by atoms with Gasteiger partial charge in [-0.3, -0.25) is 0 Å². The zero-order chi connectivity index (χ0) is 11.6. The van der Waals surface area contributed by atoms with Crippen molar-refractivity contribution in [2.75, 3.05) is 12.5 Å². The Morgan fingerprint density at radius 3 is 2.40 bits per heavy atom. The lowest BCUT2D eigenvalue weighted by Crippen LogP contribution is -2.03. The first-order valence-electron chi connectivity index (χ1n) is 3.97. The lowest BCUT2D eigenvalue weighted by Gasteiger charge is -2.05. The number of carboxylic acid groups (broad SMARTS) is 1. The normalized spacial score (nSPS) is 11.3. The van der Waals surface area contributed by atoms with Crippen LogP contribution in [0.3, 0.4) is 0 Å². The highest BCUT2D eigenvalue weighted by molar-refractivity contribution is 7.98. The van der Waals surface area contributed by atoms with Crippen LogP contribution in [0, 0.1) is 0 Å². The third-order valence-corrected chi connectivity index (χ3v) is 3.74. The Morgan fingerprint density at radius 1 is 1.40 bits per heavy atom. The Bertz CT molecular complexity index is 491. The minimum atomic E-state index is -3.36. The average Bonchev–Trinajstić information content (AvgIpc) is 2.15. The summed E-state index contributed by atoms with van der Waals surface area (Å²) in [5.41, 5.74) is 0.0189. The number of rotatable bonds is 3. The lowest BCUT2D eigenvalue weighted by molar-refractivity contribution is 0.0693. The molecule has 6 heteroatoms. The molecule has 0 saturated heterocycles. The van der Waals surface area contributed by atoms with Crippen LogP contribution in [0.15, 0.2) is 28.0 Å². The highest BCUT2D eigenvalue weighted by Crippen LogP contribution is 2.23. The topological polar surface area (TPSA) is 71.4 Å². The molecule has 1 rings (SSSR count). The molecule has 0 fully saturated rings. The maximum atomic E-state index is 11.2. The van der Waals surface area contributed by atoms with Gasteiger partial charge in [0.05, 0.1) is 10.5 Å². The summed E-state index contributed by atoms with van der Waals surface area (Å²) in [6.45, 7) is 0. The van der Waals surface area contributed by atoms with Crippen LogP contribution in [-0.2, 0) is 9.84 Å². The van der Waals surface area contributed by atoms with Crippen molar-refractivity contribution in [3.63, 3.8) is 0 Å². The summed E-state index contributed by atoms with van der Waals surface area (Å²) in [7, 11) is -3.36. The quantitative estimate of drug-likeness (QED) is 0.818. The third-order valence-electron chi connectivity index (χ3n) is 1.83. The SMILES string of the molecule is CSc1ccc(S(C)(=O)=O)cc1C(=O)O. The van der Waals surface area contributed by atoms with Crippen molar-refractivity contribution in [3.05, 3.63) is 23.8 Å². The fourth-order valence-corrected chi connectivity index (χ4v) is 2.30. The van der Waals surface area contributed by atoms with Crippen LogP contribution >= 0.6 is 11.8 Å². The van der Waals surface area contributed by atoms with E-state index < -0.39 is 15.8 Å². The maximum Gasteiger partial charge on any atom is 0.336 e. The van der Waals surface area contributed by atoms with E-state index in [0.29, 0.717) is 4.90 Å². The summed E-state index contributed by atoms with van der Waals surface area (Å²) in [6.07, 6.45) is 2.79. The molecule has 0 aromatic heterocycles. The Hall–Kier alpha value is -1.01. The zero-order valence-electron chi connectivity index (χ0n) is 8.22. The molecule has 1 N–H and O–H groups in total. The van der Waals surface area contributed by atoms with Gasteiger partial charge in [0.15, 0.2) is 9.84 Å². The number of benzene rings is 1. The van der Waals surface area contributed by atoms with Crippen LogP contribution in [0.4, 0.5) is 0 Å². The van der Waals surface area contributed by atoms with E-state index in [4.69, 9.17) is 5.11 Å². The van der Waals surface area contributed by atoms with Gasteiger partial charge < -0.3 is 5.11 Å². The molecule has 0 aliphatic carbocycles. The number of aromatic carboxylic acids is 1. The van der Waals surface area contributed by atoms with Crippen LogP contribution in [0.2, 0.25) is 0 Å². The van der Waals surface area contributed by atoms with Crippen molar-refractivity contribution in [2.45, 2.75) is 9.79 Å². The maximum absolute atomic E-state index is 11.2. The van der Waals surface area contributed by atoms with E-state index in [1.807, 2.05) is 0 Å². The predicted octanol–water partition coefficient (Wildman–Crippen LogP) is 1.51. The van der Waals surface area contributed by atoms with Gasteiger partial charge in [-0.05, 0) is 24.5 Å². The Labute approximate surface area is 92.2 Å². The van der Waals surface area contributed by atoms with Gasteiger partial charge in [0.2, 0.25) is 0 Å². The summed E-state index contributed by atoms with van der Waals surface area (Å²) in [4.78, 5) is 11.4. The van der Waals surface area contributed by atoms with Gasteiger partial charge in [0.25, 0.3) is 0 Å². The van der Waals surface area contributed by atoms with Crippen molar-refractivity contribution < 1.29 is 18.3 Å².